The van der Waals surface area contributed by atoms with Crippen LogP contribution >= 0.6 is 0 Å². The smallest absolute Gasteiger partial charge is 0.265 e. The van der Waals surface area contributed by atoms with Crippen molar-refractivity contribution < 1.29 is 4.74 Å². The molecule has 0 amide bonds. The van der Waals surface area contributed by atoms with Crippen molar-refractivity contribution in [1.82, 2.24) is 9.97 Å². The highest BCUT2D eigenvalue weighted by atomic mass is 16.6. The van der Waals surface area contributed by atoms with Gasteiger partial charge < -0.3 is 4.74 Å². The molecule has 0 saturated carbocycles. The van der Waals surface area contributed by atoms with Gasteiger partial charge in [0.2, 0.25) is 0 Å². The van der Waals surface area contributed by atoms with Gasteiger partial charge in [-0.3, -0.25) is 0 Å². The summed E-state index contributed by atoms with van der Waals surface area (Å²) in [7, 11) is 0. The third-order valence-electron chi connectivity index (χ3n) is 1.69. The number of nitrogens with zero attached hydrogens (tertiary/aromatic N) is 2. The summed E-state index contributed by atoms with van der Waals surface area (Å²) in [5.41, 5.74) is 0.753. The summed E-state index contributed by atoms with van der Waals surface area (Å²) in [4.78, 5) is 8.22. The van der Waals surface area contributed by atoms with E-state index < -0.39 is 0 Å². The van der Waals surface area contributed by atoms with Crippen LogP contribution in [0.15, 0.2) is 24.4 Å². The average Bonchev–Trinajstić information content (AvgIpc) is 2.77. The van der Waals surface area contributed by atoms with E-state index in [1.54, 1.807) is 6.20 Å². The van der Waals surface area contributed by atoms with Gasteiger partial charge in [-0.25, -0.2) is 4.98 Å². The third kappa shape index (κ3) is 0.620. The van der Waals surface area contributed by atoms with E-state index in [0.717, 1.165) is 22.7 Å². The summed E-state index contributed by atoms with van der Waals surface area (Å²) in [5.74, 6) is 1.60. The zero-order valence-corrected chi connectivity index (χ0v) is 5.61. The minimum absolute atomic E-state index is 0.719. The number of ether oxygens (including phenoxy) is 1. The number of hydrogen-bond donors (Lipinski definition) is 0. The molecule has 1 aliphatic heterocycles. The van der Waals surface area contributed by atoms with E-state index >= 15 is 0 Å². The second-order valence-corrected chi connectivity index (χ2v) is 2.44. The van der Waals surface area contributed by atoms with Crippen molar-refractivity contribution in [2.75, 3.05) is 0 Å². The summed E-state index contributed by atoms with van der Waals surface area (Å²) < 4.78 is 5.03. The summed E-state index contributed by atoms with van der Waals surface area (Å²) >= 11 is 0. The second kappa shape index (κ2) is 1.50. The third-order valence-corrected chi connectivity index (χ3v) is 1.69. The molecule has 0 fully saturated rings. The van der Waals surface area contributed by atoms with Crippen molar-refractivity contribution >= 4 is 11.0 Å². The number of aromatic nitrogens is 2. The second-order valence-electron chi connectivity index (χ2n) is 2.44. The molecule has 1 aliphatic rings. The quantitative estimate of drug-likeness (QED) is 0.451. The Morgan fingerprint density at radius 1 is 1.36 bits per heavy atom. The van der Waals surface area contributed by atoms with E-state index in [0.29, 0.717) is 0 Å². The molecule has 11 heavy (non-hydrogen) atoms. The van der Waals surface area contributed by atoms with Crippen LogP contribution in [0.3, 0.4) is 0 Å². The molecule has 3 heterocycles. The molecule has 0 N–H and O–H groups in total. The highest BCUT2D eigenvalue weighted by molar-refractivity contribution is 5.79. The van der Waals surface area contributed by atoms with Crippen molar-refractivity contribution in [1.29, 1.82) is 0 Å². The predicted octanol–water partition coefficient (Wildman–Crippen LogP) is 1.74. The lowest BCUT2D eigenvalue weighted by Crippen LogP contribution is -1.76. The molecule has 2 aromatic heterocycles. The molecule has 0 spiro atoms. The number of pyridine rings is 2. The van der Waals surface area contributed by atoms with Gasteiger partial charge in [-0.2, -0.15) is 4.98 Å². The normalized spacial score (nSPS) is 12.4. The lowest BCUT2D eigenvalue weighted by molar-refractivity contribution is 0.635. The SMILES string of the molecule is c1cnc2nc3c(cc2c1)O3. The molecule has 52 valence electrons. The van der Waals surface area contributed by atoms with Crippen LogP contribution in [-0.4, -0.2) is 9.97 Å². The van der Waals surface area contributed by atoms with Crippen LogP contribution in [0.5, 0.6) is 11.6 Å². The molecule has 3 rings (SSSR count). The number of fused-ring (bicyclic) bond motifs is 2. The van der Waals surface area contributed by atoms with Crippen molar-refractivity contribution in [2.24, 2.45) is 0 Å². The Balaban J connectivity index is 2.51. The summed E-state index contributed by atoms with van der Waals surface area (Å²) in [6, 6.07) is 5.81. The first kappa shape index (κ1) is 5.07. The van der Waals surface area contributed by atoms with Gasteiger partial charge in [0.25, 0.3) is 5.88 Å². The Kier molecular flexibility index (Phi) is 0.692. The van der Waals surface area contributed by atoms with Crippen LogP contribution < -0.4 is 4.74 Å². The fourth-order valence-corrected chi connectivity index (χ4v) is 1.10. The van der Waals surface area contributed by atoms with Crippen LogP contribution in [-0.2, 0) is 0 Å². The van der Waals surface area contributed by atoms with Gasteiger partial charge in [-0.05, 0) is 18.2 Å². The Hall–Kier alpha value is -1.64. The molecule has 0 aliphatic carbocycles. The maximum Gasteiger partial charge on any atom is 0.265 e. The molecule has 3 nitrogen and oxygen atoms in total. The van der Waals surface area contributed by atoms with Crippen LogP contribution in [0.4, 0.5) is 0 Å². The fourth-order valence-electron chi connectivity index (χ4n) is 1.10. The van der Waals surface area contributed by atoms with E-state index in [9.17, 15) is 0 Å². The Morgan fingerprint density at radius 3 is 3.36 bits per heavy atom. The summed E-state index contributed by atoms with van der Waals surface area (Å²) in [5, 5.41) is 1.03. The minimum Gasteiger partial charge on any atom is -0.430 e. The first-order valence-corrected chi connectivity index (χ1v) is 3.37. The van der Waals surface area contributed by atoms with Crippen molar-refractivity contribution in [3.63, 3.8) is 0 Å². The van der Waals surface area contributed by atoms with Gasteiger partial charge in [-0.15, -0.1) is 0 Å². The molecule has 2 aromatic rings. The summed E-state index contributed by atoms with van der Waals surface area (Å²) in [6.45, 7) is 0. The Morgan fingerprint density at radius 2 is 2.36 bits per heavy atom. The van der Waals surface area contributed by atoms with E-state index in [-0.39, 0.29) is 0 Å². The van der Waals surface area contributed by atoms with Gasteiger partial charge in [-0.1, -0.05) is 0 Å². The molecule has 0 saturated heterocycles. The maximum absolute atomic E-state index is 5.03. The van der Waals surface area contributed by atoms with Crippen molar-refractivity contribution in [3.8, 4) is 11.6 Å². The van der Waals surface area contributed by atoms with Gasteiger partial charge in [0, 0.05) is 11.6 Å². The zero-order valence-electron chi connectivity index (χ0n) is 5.61. The molecule has 0 radical (unpaired) electrons. The van der Waals surface area contributed by atoms with Crippen LogP contribution in [0.1, 0.15) is 0 Å². The Labute approximate surface area is 62.7 Å². The summed E-state index contributed by atoms with van der Waals surface area (Å²) in [6.07, 6.45) is 1.73. The monoisotopic (exact) mass is 144 g/mol. The van der Waals surface area contributed by atoms with Gasteiger partial charge in [0.05, 0.1) is 0 Å². The first-order valence-electron chi connectivity index (χ1n) is 3.37. The minimum atomic E-state index is 0.719. The van der Waals surface area contributed by atoms with E-state index in [1.165, 1.54) is 0 Å². The fraction of sp³-hybridized carbons (Fsp3) is 0. The molecule has 0 unspecified atom stereocenters. The topological polar surface area (TPSA) is 38.3 Å². The number of rotatable bonds is 0. The molecular formula is C8H4N2O. The van der Waals surface area contributed by atoms with Crippen LogP contribution in [0, 0.1) is 0 Å². The van der Waals surface area contributed by atoms with E-state index in [4.69, 9.17) is 4.74 Å². The van der Waals surface area contributed by atoms with Gasteiger partial charge in [0.15, 0.2) is 11.4 Å². The van der Waals surface area contributed by atoms with E-state index in [1.807, 2.05) is 18.2 Å². The molecule has 3 heteroatoms. The molecule has 0 atom stereocenters. The van der Waals surface area contributed by atoms with Crippen molar-refractivity contribution in [3.05, 3.63) is 24.4 Å². The van der Waals surface area contributed by atoms with E-state index in [2.05, 4.69) is 9.97 Å². The average molecular weight is 144 g/mol. The highest BCUT2D eigenvalue weighted by Crippen LogP contribution is 2.43. The zero-order chi connectivity index (χ0) is 7.26. The lowest BCUT2D eigenvalue weighted by Gasteiger charge is -1.87. The van der Waals surface area contributed by atoms with Gasteiger partial charge in [0.1, 0.15) is 0 Å². The van der Waals surface area contributed by atoms with Gasteiger partial charge >= 0.3 is 0 Å². The molecule has 0 aromatic carbocycles. The van der Waals surface area contributed by atoms with Crippen molar-refractivity contribution in [2.45, 2.75) is 0 Å². The molecule has 0 bridgehead atoms. The van der Waals surface area contributed by atoms with Crippen LogP contribution in [0.25, 0.3) is 11.0 Å². The standard InChI is InChI=1S/C8H4N2O/c1-2-5-4-6-8(11-6)10-7(5)9-3-1/h1-4H. The number of hydrogen-bond acceptors (Lipinski definition) is 3. The predicted molar refractivity (Wildman–Crippen MR) is 39.6 cm³/mol. The maximum atomic E-state index is 5.03. The molecular weight excluding hydrogens is 140 g/mol. The first-order chi connectivity index (χ1) is 5.43. The van der Waals surface area contributed by atoms with Crippen LogP contribution in [0.2, 0.25) is 0 Å². The highest BCUT2D eigenvalue weighted by Gasteiger charge is 2.22. The largest absolute Gasteiger partial charge is 0.430 e. The lowest BCUT2D eigenvalue weighted by atomic mass is 10.3. The Bertz CT molecular complexity index is 399.